The number of aryl methyl sites for hydroxylation is 1. The third kappa shape index (κ3) is 1.38. The van der Waals surface area contributed by atoms with Gasteiger partial charge in [0.1, 0.15) is 0 Å². The number of pyridine rings is 1. The highest BCUT2D eigenvalue weighted by molar-refractivity contribution is 5.56. The number of imidazole rings is 1. The Labute approximate surface area is 74.9 Å². The van der Waals surface area contributed by atoms with E-state index in [4.69, 9.17) is 0 Å². The van der Waals surface area contributed by atoms with Crippen LogP contribution in [0.5, 0.6) is 0 Å². The van der Waals surface area contributed by atoms with Crippen molar-refractivity contribution in [1.82, 2.24) is 14.5 Å². The van der Waals surface area contributed by atoms with Crippen molar-refractivity contribution in [1.29, 1.82) is 0 Å². The molecule has 4 heteroatoms. The fourth-order valence-electron chi connectivity index (χ4n) is 1.16. The van der Waals surface area contributed by atoms with Crippen molar-refractivity contribution in [2.24, 2.45) is 7.05 Å². The molecule has 2 heterocycles. The van der Waals surface area contributed by atoms with Gasteiger partial charge in [-0.1, -0.05) is 0 Å². The molecule has 1 N–H and O–H groups in total. The molecule has 2 rings (SSSR count). The Hall–Kier alpha value is -1.84. The average molecular weight is 175 g/mol. The maximum atomic E-state index is 11.1. The van der Waals surface area contributed by atoms with Crippen molar-refractivity contribution in [2.75, 3.05) is 0 Å². The third-order valence-electron chi connectivity index (χ3n) is 1.86. The standard InChI is InChI=1S/C9H9N3O/c1-12-6-8(11-9(12)13)7-3-2-4-10-5-7/h2-6H,1H3,(H,11,13). The molecule has 0 atom stereocenters. The second kappa shape index (κ2) is 2.90. The molecular weight excluding hydrogens is 166 g/mol. The summed E-state index contributed by atoms with van der Waals surface area (Å²) in [4.78, 5) is 17.8. The van der Waals surface area contributed by atoms with Crippen molar-refractivity contribution >= 4 is 0 Å². The zero-order valence-corrected chi connectivity index (χ0v) is 7.19. The highest BCUT2D eigenvalue weighted by Crippen LogP contribution is 2.12. The molecule has 0 fully saturated rings. The van der Waals surface area contributed by atoms with Gasteiger partial charge in [-0.05, 0) is 12.1 Å². The summed E-state index contributed by atoms with van der Waals surface area (Å²) >= 11 is 0. The normalized spacial score (nSPS) is 10.2. The summed E-state index contributed by atoms with van der Waals surface area (Å²) in [5.74, 6) is 0. The van der Waals surface area contributed by atoms with Gasteiger partial charge in [-0.2, -0.15) is 0 Å². The van der Waals surface area contributed by atoms with E-state index in [-0.39, 0.29) is 5.69 Å². The van der Waals surface area contributed by atoms with Gasteiger partial charge in [0.25, 0.3) is 0 Å². The van der Waals surface area contributed by atoms with Crippen LogP contribution in [0.15, 0.2) is 35.5 Å². The Balaban J connectivity index is 2.54. The summed E-state index contributed by atoms with van der Waals surface area (Å²) in [6.07, 6.45) is 5.16. The van der Waals surface area contributed by atoms with Gasteiger partial charge in [0, 0.05) is 31.2 Å². The van der Waals surface area contributed by atoms with Gasteiger partial charge in [0.05, 0.1) is 5.69 Å². The first kappa shape index (κ1) is 7.79. The Morgan fingerprint density at radius 1 is 1.54 bits per heavy atom. The van der Waals surface area contributed by atoms with Crippen LogP contribution >= 0.6 is 0 Å². The van der Waals surface area contributed by atoms with Crippen LogP contribution in [0.4, 0.5) is 0 Å². The minimum atomic E-state index is -0.112. The van der Waals surface area contributed by atoms with E-state index >= 15 is 0 Å². The quantitative estimate of drug-likeness (QED) is 0.696. The van der Waals surface area contributed by atoms with Gasteiger partial charge in [0.2, 0.25) is 0 Å². The van der Waals surface area contributed by atoms with Crippen molar-refractivity contribution in [3.05, 3.63) is 41.2 Å². The van der Waals surface area contributed by atoms with E-state index in [2.05, 4.69) is 9.97 Å². The van der Waals surface area contributed by atoms with E-state index in [0.29, 0.717) is 0 Å². The Kier molecular flexibility index (Phi) is 1.73. The fraction of sp³-hybridized carbons (Fsp3) is 0.111. The molecular formula is C9H9N3O. The van der Waals surface area contributed by atoms with E-state index in [1.165, 1.54) is 4.57 Å². The molecule has 0 unspecified atom stereocenters. The molecule has 0 saturated heterocycles. The second-order valence-corrected chi connectivity index (χ2v) is 2.83. The predicted molar refractivity (Wildman–Crippen MR) is 49.3 cm³/mol. The lowest BCUT2D eigenvalue weighted by Gasteiger charge is -1.92. The maximum Gasteiger partial charge on any atom is 0.325 e. The minimum absolute atomic E-state index is 0.112. The molecule has 0 aliphatic heterocycles. The van der Waals surface area contributed by atoms with Crippen molar-refractivity contribution in [2.45, 2.75) is 0 Å². The van der Waals surface area contributed by atoms with Crippen LogP contribution in [0.2, 0.25) is 0 Å². The van der Waals surface area contributed by atoms with Crippen molar-refractivity contribution in [3.63, 3.8) is 0 Å². The Bertz CT molecular complexity index is 455. The van der Waals surface area contributed by atoms with Crippen molar-refractivity contribution in [3.8, 4) is 11.3 Å². The van der Waals surface area contributed by atoms with E-state index in [1.54, 1.807) is 25.6 Å². The van der Waals surface area contributed by atoms with Gasteiger partial charge in [-0.25, -0.2) is 4.79 Å². The van der Waals surface area contributed by atoms with Crippen LogP contribution in [-0.4, -0.2) is 14.5 Å². The molecule has 13 heavy (non-hydrogen) atoms. The predicted octanol–water partition coefficient (Wildman–Crippen LogP) is 0.775. The van der Waals surface area contributed by atoms with Gasteiger partial charge >= 0.3 is 5.69 Å². The largest absolute Gasteiger partial charge is 0.325 e. The number of aromatic amines is 1. The van der Waals surface area contributed by atoms with Gasteiger partial charge in [-0.15, -0.1) is 0 Å². The molecule has 0 saturated carbocycles. The highest BCUT2D eigenvalue weighted by atomic mass is 16.1. The molecule has 4 nitrogen and oxygen atoms in total. The Morgan fingerprint density at radius 2 is 2.38 bits per heavy atom. The van der Waals surface area contributed by atoms with Crippen LogP contribution in [0.1, 0.15) is 0 Å². The SMILES string of the molecule is Cn1cc(-c2cccnc2)[nH]c1=O. The topological polar surface area (TPSA) is 50.7 Å². The van der Waals surface area contributed by atoms with E-state index in [9.17, 15) is 4.79 Å². The number of nitrogens with zero attached hydrogens (tertiary/aromatic N) is 2. The highest BCUT2D eigenvalue weighted by Gasteiger charge is 2.00. The summed E-state index contributed by atoms with van der Waals surface area (Å²) in [5.41, 5.74) is 1.60. The van der Waals surface area contributed by atoms with Crippen LogP contribution in [0.3, 0.4) is 0 Å². The number of hydrogen-bond donors (Lipinski definition) is 1. The Morgan fingerprint density at radius 3 is 2.92 bits per heavy atom. The van der Waals surface area contributed by atoms with Gasteiger partial charge < -0.3 is 9.55 Å². The summed E-state index contributed by atoms with van der Waals surface area (Å²) < 4.78 is 1.50. The molecule has 0 aliphatic carbocycles. The first-order valence-corrected chi connectivity index (χ1v) is 3.93. The third-order valence-corrected chi connectivity index (χ3v) is 1.86. The lowest BCUT2D eigenvalue weighted by molar-refractivity contribution is 0.862. The minimum Gasteiger partial charge on any atom is -0.306 e. The summed E-state index contributed by atoms with van der Waals surface area (Å²) in [7, 11) is 1.71. The monoisotopic (exact) mass is 175 g/mol. The number of rotatable bonds is 1. The first-order valence-electron chi connectivity index (χ1n) is 3.93. The summed E-state index contributed by atoms with van der Waals surface area (Å²) in [5, 5.41) is 0. The lowest BCUT2D eigenvalue weighted by atomic mass is 10.2. The van der Waals surface area contributed by atoms with Gasteiger partial charge in [-0.3, -0.25) is 4.98 Å². The number of aromatic nitrogens is 3. The van der Waals surface area contributed by atoms with E-state index < -0.39 is 0 Å². The molecule has 0 aromatic carbocycles. The average Bonchev–Trinajstić information content (AvgIpc) is 2.49. The lowest BCUT2D eigenvalue weighted by Crippen LogP contribution is -2.11. The molecule has 2 aromatic heterocycles. The molecule has 0 bridgehead atoms. The summed E-state index contributed by atoms with van der Waals surface area (Å²) in [6.45, 7) is 0. The van der Waals surface area contributed by atoms with Crippen molar-refractivity contribution < 1.29 is 0 Å². The summed E-state index contributed by atoms with van der Waals surface area (Å²) in [6, 6.07) is 3.74. The number of hydrogen-bond acceptors (Lipinski definition) is 2. The van der Waals surface area contributed by atoms with E-state index in [1.807, 2.05) is 12.1 Å². The van der Waals surface area contributed by atoms with Crippen LogP contribution in [0, 0.1) is 0 Å². The fourth-order valence-corrected chi connectivity index (χ4v) is 1.16. The number of H-pyrrole nitrogens is 1. The second-order valence-electron chi connectivity index (χ2n) is 2.83. The van der Waals surface area contributed by atoms with E-state index in [0.717, 1.165) is 11.3 Å². The van der Waals surface area contributed by atoms with Crippen LogP contribution in [0.25, 0.3) is 11.3 Å². The molecule has 2 aromatic rings. The smallest absolute Gasteiger partial charge is 0.306 e. The molecule has 66 valence electrons. The van der Waals surface area contributed by atoms with Crippen LogP contribution in [-0.2, 0) is 7.05 Å². The molecule has 0 radical (unpaired) electrons. The number of nitrogens with one attached hydrogen (secondary N) is 1. The zero-order chi connectivity index (χ0) is 9.26. The molecule has 0 amide bonds. The zero-order valence-electron chi connectivity index (χ0n) is 7.19. The maximum absolute atomic E-state index is 11.1. The molecule has 0 spiro atoms. The van der Waals surface area contributed by atoms with Crippen LogP contribution < -0.4 is 5.69 Å². The van der Waals surface area contributed by atoms with Gasteiger partial charge in [0.15, 0.2) is 0 Å². The molecule has 0 aliphatic rings. The first-order chi connectivity index (χ1) is 6.27.